The highest BCUT2D eigenvalue weighted by molar-refractivity contribution is 5.05. The Morgan fingerprint density at radius 1 is 1.29 bits per heavy atom. The van der Waals surface area contributed by atoms with E-state index in [0.717, 1.165) is 24.4 Å². The topological polar surface area (TPSA) is 53.0 Å². The highest BCUT2D eigenvalue weighted by Crippen LogP contribution is 2.08. The fourth-order valence-electron chi connectivity index (χ4n) is 1.74. The summed E-state index contributed by atoms with van der Waals surface area (Å²) in [6.07, 6.45) is 4.52. The molecular weight excluding hydrogens is 218 g/mol. The second kappa shape index (κ2) is 4.61. The smallest absolute Gasteiger partial charge is 0.328 e. The van der Waals surface area contributed by atoms with Crippen molar-refractivity contribution in [1.82, 2.24) is 14.1 Å². The van der Waals surface area contributed by atoms with E-state index in [9.17, 15) is 4.79 Å². The minimum atomic E-state index is -0.0136. The van der Waals surface area contributed by atoms with Crippen molar-refractivity contribution in [3.63, 3.8) is 0 Å². The predicted molar refractivity (Wildman–Crippen MR) is 64.1 cm³/mol. The summed E-state index contributed by atoms with van der Waals surface area (Å²) in [6.45, 7) is 6.95. The van der Waals surface area contributed by atoms with Crippen LogP contribution in [0.5, 0.6) is 0 Å². The normalized spacial score (nSPS) is 11.0. The third-order valence-corrected chi connectivity index (χ3v) is 2.76. The Morgan fingerprint density at radius 3 is 2.59 bits per heavy atom. The van der Waals surface area contributed by atoms with Crippen molar-refractivity contribution < 1.29 is 4.42 Å². The fraction of sp³-hybridized carbons (Fsp3) is 0.500. The van der Waals surface area contributed by atoms with Gasteiger partial charge in [0.05, 0.1) is 5.69 Å². The van der Waals surface area contributed by atoms with Crippen LogP contribution in [0.3, 0.4) is 0 Å². The Labute approximate surface area is 99.7 Å². The lowest BCUT2D eigenvalue weighted by Crippen LogP contribution is -2.24. The summed E-state index contributed by atoms with van der Waals surface area (Å²) < 4.78 is 8.77. The fourth-order valence-corrected chi connectivity index (χ4v) is 1.74. The van der Waals surface area contributed by atoms with Crippen LogP contribution in [-0.2, 0) is 13.1 Å². The molecule has 0 spiro atoms. The van der Waals surface area contributed by atoms with Gasteiger partial charge in [0.25, 0.3) is 0 Å². The zero-order valence-corrected chi connectivity index (χ0v) is 10.4. The van der Waals surface area contributed by atoms with Crippen LogP contribution in [0.4, 0.5) is 0 Å². The van der Waals surface area contributed by atoms with Gasteiger partial charge in [-0.25, -0.2) is 9.78 Å². The average Bonchev–Trinajstić information content (AvgIpc) is 2.77. The molecule has 17 heavy (non-hydrogen) atoms. The molecule has 0 aromatic carbocycles. The van der Waals surface area contributed by atoms with Gasteiger partial charge in [0.1, 0.15) is 12.3 Å². The summed E-state index contributed by atoms with van der Waals surface area (Å²) in [6, 6.07) is 0. The lowest BCUT2D eigenvalue weighted by atomic mass is 10.4. The molecule has 0 aliphatic rings. The van der Waals surface area contributed by atoms with E-state index in [1.165, 1.54) is 0 Å². The molecule has 0 saturated heterocycles. The Bertz CT molecular complexity index is 543. The highest BCUT2D eigenvalue weighted by Gasteiger charge is 2.09. The summed E-state index contributed by atoms with van der Waals surface area (Å²) in [5, 5.41) is 0. The van der Waals surface area contributed by atoms with Crippen molar-refractivity contribution in [3.8, 4) is 0 Å². The van der Waals surface area contributed by atoms with Crippen molar-refractivity contribution in [2.45, 2.75) is 40.3 Å². The number of nitrogens with zero attached hydrogens (tertiary/aromatic N) is 3. The minimum absolute atomic E-state index is 0.0136. The van der Waals surface area contributed by atoms with Gasteiger partial charge in [-0.1, -0.05) is 6.92 Å². The van der Waals surface area contributed by atoms with Gasteiger partial charge in [-0.3, -0.25) is 9.13 Å². The van der Waals surface area contributed by atoms with Crippen LogP contribution in [0.15, 0.2) is 21.6 Å². The second-order valence-corrected chi connectivity index (χ2v) is 4.15. The first-order valence-electron chi connectivity index (χ1n) is 5.80. The third-order valence-electron chi connectivity index (χ3n) is 2.76. The molecule has 0 radical (unpaired) electrons. The Hall–Kier alpha value is -1.78. The maximum atomic E-state index is 11.9. The quantitative estimate of drug-likeness (QED) is 0.810. The molecule has 2 aromatic heterocycles. The molecular formula is C12H17N3O2. The first-order chi connectivity index (χ1) is 8.11. The number of hydrogen-bond acceptors (Lipinski definition) is 3. The Morgan fingerprint density at radius 2 is 2.00 bits per heavy atom. The van der Waals surface area contributed by atoms with E-state index in [4.69, 9.17) is 4.42 Å². The third kappa shape index (κ3) is 2.33. The summed E-state index contributed by atoms with van der Waals surface area (Å²) in [7, 11) is 0. The largest absolute Gasteiger partial charge is 0.444 e. The van der Waals surface area contributed by atoms with E-state index in [2.05, 4.69) is 4.98 Å². The first kappa shape index (κ1) is 11.7. The molecule has 0 bridgehead atoms. The highest BCUT2D eigenvalue weighted by atomic mass is 16.4. The van der Waals surface area contributed by atoms with Crippen LogP contribution >= 0.6 is 0 Å². The van der Waals surface area contributed by atoms with Crippen LogP contribution in [-0.4, -0.2) is 14.1 Å². The molecule has 92 valence electrons. The van der Waals surface area contributed by atoms with E-state index in [0.29, 0.717) is 12.4 Å². The van der Waals surface area contributed by atoms with Crippen molar-refractivity contribution in [3.05, 3.63) is 40.2 Å². The second-order valence-electron chi connectivity index (χ2n) is 4.15. The van der Waals surface area contributed by atoms with Crippen molar-refractivity contribution >= 4 is 0 Å². The molecule has 0 fully saturated rings. The number of hydrogen-bond donors (Lipinski definition) is 0. The van der Waals surface area contributed by atoms with Crippen LogP contribution < -0.4 is 5.69 Å². The van der Waals surface area contributed by atoms with E-state index >= 15 is 0 Å². The average molecular weight is 235 g/mol. The van der Waals surface area contributed by atoms with Crippen molar-refractivity contribution in [2.24, 2.45) is 0 Å². The molecule has 0 aliphatic heterocycles. The summed E-state index contributed by atoms with van der Waals surface area (Å²) in [5.41, 5.74) is 0.862. The van der Waals surface area contributed by atoms with Gasteiger partial charge in [0, 0.05) is 18.9 Å². The maximum Gasteiger partial charge on any atom is 0.328 e. The molecule has 5 nitrogen and oxygen atoms in total. The Kier molecular flexibility index (Phi) is 3.17. The minimum Gasteiger partial charge on any atom is -0.444 e. The van der Waals surface area contributed by atoms with Gasteiger partial charge in [0.15, 0.2) is 0 Å². The molecule has 0 N–H and O–H groups in total. The molecule has 0 aliphatic carbocycles. The SMILES string of the molecule is CCCn1ccn(Cc2nc(C)c(C)o2)c1=O. The van der Waals surface area contributed by atoms with E-state index in [1.54, 1.807) is 21.5 Å². The van der Waals surface area contributed by atoms with Gasteiger partial charge >= 0.3 is 5.69 Å². The zero-order chi connectivity index (χ0) is 12.4. The van der Waals surface area contributed by atoms with Crippen LogP contribution in [0.25, 0.3) is 0 Å². The zero-order valence-electron chi connectivity index (χ0n) is 10.4. The summed E-state index contributed by atoms with van der Waals surface area (Å²) in [4.78, 5) is 16.2. The van der Waals surface area contributed by atoms with Gasteiger partial charge in [-0.15, -0.1) is 0 Å². The molecule has 0 unspecified atom stereocenters. The molecule has 0 saturated carbocycles. The van der Waals surface area contributed by atoms with Crippen LogP contribution in [0.1, 0.15) is 30.7 Å². The number of aryl methyl sites for hydroxylation is 3. The van der Waals surface area contributed by atoms with Crippen LogP contribution in [0, 0.1) is 13.8 Å². The number of aromatic nitrogens is 3. The predicted octanol–water partition coefficient (Wildman–Crippen LogP) is 1.71. The first-order valence-corrected chi connectivity index (χ1v) is 5.80. The lowest BCUT2D eigenvalue weighted by Gasteiger charge is -1.98. The number of imidazole rings is 1. The molecule has 2 rings (SSSR count). The molecule has 0 atom stereocenters. The standard InChI is InChI=1S/C12H17N3O2/c1-4-5-14-6-7-15(12(14)16)8-11-13-9(2)10(3)17-11/h6-7H,4-5,8H2,1-3H3. The Balaban J connectivity index is 2.21. The van der Waals surface area contributed by atoms with E-state index in [-0.39, 0.29) is 5.69 Å². The van der Waals surface area contributed by atoms with Gasteiger partial charge in [-0.05, 0) is 20.3 Å². The molecule has 0 amide bonds. The number of oxazole rings is 1. The molecule has 2 aromatic rings. The van der Waals surface area contributed by atoms with E-state index in [1.807, 2.05) is 20.8 Å². The monoisotopic (exact) mass is 235 g/mol. The van der Waals surface area contributed by atoms with Gasteiger partial charge in [0.2, 0.25) is 5.89 Å². The number of rotatable bonds is 4. The van der Waals surface area contributed by atoms with Crippen LogP contribution in [0.2, 0.25) is 0 Å². The lowest BCUT2D eigenvalue weighted by molar-refractivity contribution is 0.451. The molecule has 5 heteroatoms. The molecule has 2 heterocycles. The van der Waals surface area contributed by atoms with Crippen molar-refractivity contribution in [1.29, 1.82) is 0 Å². The van der Waals surface area contributed by atoms with Gasteiger partial charge < -0.3 is 4.42 Å². The van der Waals surface area contributed by atoms with Gasteiger partial charge in [-0.2, -0.15) is 0 Å². The maximum absolute atomic E-state index is 11.9. The summed E-state index contributed by atoms with van der Waals surface area (Å²) in [5.74, 6) is 1.39. The van der Waals surface area contributed by atoms with E-state index < -0.39 is 0 Å². The van der Waals surface area contributed by atoms with Crippen molar-refractivity contribution in [2.75, 3.05) is 0 Å². The summed E-state index contributed by atoms with van der Waals surface area (Å²) >= 11 is 0.